The maximum atomic E-state index is 12.4. The quantitative estimate of drug-likeness (QED) is 0.912. The van der Waals surface area contributed by atoms with Gasteiger partial charge in [0.25, 0.3) is 0 Å². The first-order valence-electron chi connectivity index (χ1n) is 8.62. The van der Waals surface area contributed by atoms with Crippen LogP contribution in [0.3, 0.4) is 0 Å². The van der Waals surface area contributed by atoms with Gasteiger partial charge in [-0.2, -0.15) is 0 Å². The highest BCUT2D eigenvalue weighted by molar-refractivity contribution is 6.00. The minimum atomic E-state index is -0.319. The number of hydrogen-bond acceptors (Lipinski definition) is 3. The number of nitrogens with one attached hydrogen (secondary N) is 1. The summed E-state index contributed by atoms with van der Waals surface area (Å²) in [7, 11) is 0. The molecule has 1 aliphatic rings. The summed E-state index contributed by atoms with van der Waals surface area (Å²) in [6, 6.07) is 13.6. The Morgan fingerprint density at radius 3 is 2.64 bits per heavy atom. The summed E-state index contributed by atoms with van der Waals surface area (Å²) in [5.41, 5.74) is 2.90. The highest BCUT2D eigenvalue weighted by Gasteiger charge is 2.35. The second kappa shape index (κ2) is 7.47. The SMILES string of the molecule is CC(C)c1ccc(N2CC(C(=O)NCc3ccccn3)CC2=O)cc1. The van der Waals surface area contributed by atoms with Gasteiger partial charge in [-0.1, -0.05) is 32.0 Å². The molecule has 1 aromatic carbocycles. The van der Waals surface area contributed by atoms with Gasteiger partial charge in [-0.3, -0.25) is 14.6 Å². The van der Waals surface area contributed by atoms with E-state index in [1.807, 2.05) is 42.5 Å². The summed E-state index contributed by atoms with van der Waals surface area (Å²) in [5, 5.41) is 2.88. The van der Waals surface area contributed by atoms with E-state index < -0.39 is 0 Å². The van der Waals surface area contributed by atoms with Crippen LogP contribution in [0.5, 0.6) is 0 Å². The molecule has 0 bridgehead atoms. The highest BCUT2D eigenvalue weighted by Crippen LogP contribution is 2.27. The zero-order valence-corrected chi connectivity index (χ0v) is 14.6. The average Bonchev–Trinajstić information content (AvgIpc) is 3.02. The van der Waals surface area contributed by atoms with E-state index in [2.05, 4.69) is 24.1 Å². The van der Waals surface area contributed by atoms with Crippen LogP contribution in [0, 0.1) is 5.92 Å². The average molecular weight is 337 g/mol. The van der Waals surface area contributed by atoms with Gasteiger partial charge in [0.2, 0.25) is 11.8 Å². The molecule has 1 saturated heterocycles. The van der Waals surface area contributed by atoms with Crippen LogP contribution in [0.15, 0.2) is 48.7 Å². The lowest BCUT2D eigenvalue weighted by molar-refractivity contribution is -0.126. The molecular formula is C20H23N3O2. The van der Waals surface area contributed by atoms with Crippen LogP contribution in [0.2, 0.25) is 0 Å². The molecule has 0 saturated carbocycles. The fourth-order valence-corrected chi connectivity index (χ4v) is 3.00. The molecular weight excluding hydrogens is 314 g/mol. The number of hydrogen-bond donors (Lipinski definition) is 1. The number of carbonyl (C=O) groups excluding carboxylic acids is 2. The molecule has 0 radical (unpaired) electrons. The largest absolute Gasteiger partial charge is 0.350 e. The topological polar surface area (TPSA) is 62.3 Å². The summed E-state index contributed by atoms with van der Waals surface area (Å²) in [5.74, 6) is 0.0324. The summed E-state index contributed by atoms with van der Waals surface area (Å²) in [4.78, 5) is 30.6. The van der Waals surface area contributed by atoms with Gasteiger partial charge in [0.05, 0.1) is 18.2 Å². The highest BCUT2D eigenvalue weighted by atomic mass is 16.2. The van der Waals surface area contributed by atoms with Gasteiger partial charge in [-0.25, -0.2) is 0 Å². The summed E-state index contributed by atoms with van der Waals surface area (Å²) < 4.78 is 0. The van der Waals surface area contributed by atoms with E-state index in [-0.39, 0.29) is 24.2 Å². The van der Waals surface area contributed by atoms with Crippen LogP contribution in [0.25, 0.3) is 0 Å². The van der Waals surface area contributed by atoms with Crippen molar-refractivity contribution < 1.29 is 9.59 Å². The fourth-order valence-electron chi connectivity index (χ4n) is 3.00. The third kappa shape index (κ3) is 4.05. The molecule has 1 N–H and O–H groups in total. The molecule has 1 aromatic heterocycles. The van der Waals surface area contributed by atoms with E-state index in [9.17, 15) is 9.59 Å². The minimum absolute atomic E-state index is 0.00437. The monoisotopic (exact) mass is 337 g/mol. The Bertz CT molecular complexity index is 741. The molecule has 1 atom stereocenters. The molecule has 1 fully saturated rings. The van der Waals surface area contributed by atoms with E-state index in [4.69, 9.17) is 0 Å². The predicted molar refractivity (Wildman–Crippen MR) is 97.1 cm³/mol. The maximum absolute atomic E-state index is 12.4. The Morgan fingerprint density at radius 1 is 1.24 bits per heavy atom. The number of carbonyl (C=O) groups is 2. The van der Waals surface area contributed by atoms with Crippen molar-refractivity contribution in [2.45, 2.75) is 32.7 Å². The molecule has 2 amide bonds. The fraction of sp³-hybridized carbons (Fsp3) is 0.350. The number of nitrogens with zero attached hydrogens (tertiary/aromatic N) is 2. The molecule has 5 nitrogen and oxygen atoms in total. The normalized spacial score (nSPS) is 17.2. The van der Waals surface area contributed by atoms with Gasteiger partial charge in [0.1, 0.15) is 0 Å². The number of pyridine rings is 1. The molecule has 3 rings (SSSR count). The van der Waals surface area contributed by atoms with Gasteiger partial charge in [0.15, 0.2) is 0 Å². The van der Waals surface area contributed by atoms with E-state index >= 15 is 0 Å². The van der Waals surface area contributed by atoms with Crippen LogP contribution < -0.4 is 10.2 Å². The lowest BCUT2D eigenvalue weighted by Crippen LogP contribution is -2.32. The number of benzene rings is 1. The summed E-state index contributed by atoms with van der Waals surface area (Å²) >= 11 is 0. The van der Waals surface area contributed by atoms with Crippen molar-refractivity contribution in [1.29, 1.82) is 0 Å². The maximum Gasteiger partial charge on any atom is 0.227 e. The number of rotatable bonds is 5. The Kier molecular flexibility index (Phi) is 5.12. The van der Waals surface area contributed by atoms with Gasteiger partial charge in [-0.05, 0) is 35.7 Å². The van der Waals surface area contributed by atoms with Gasteiger partial charge < -0.3 is 10.2 Å². The standard InChI is InChI=1S/C20H23N3O2/c1-14(2)15-6-8-18(9-7-15)23-13-16(11-19(23)24)20(25)22-12-17-5-3-4-10-21-17/h3-10,14,16H,11-13H2,1-2H3,(H,22,25). The first kappa shape index (κ1) is 17.1. The van der Waals surface area contributed by atoms with Crippen molar-refractivity contribution in [3.8, 4) is 0 Å². The summed E-state index contributed by atoms with van der Waals surface area (Å²) in [6.45, 7) is 5.08. The molecule has 0 spiro atoms. The lowest BCUT2D eigenvalue weighted by Gasteiger charge is -2.17. The van der Waals surface area contributed by atoms with Crippen LogP contribution in [0.1, 0.15) is 37.4 Å². The van der Waals surface area contributed by atoms with Crippen molar-refractivity contribution in [2.24, 2.45) is 5.92 Å². The van der Waals surface area contributed by atoms with E-state index in [0.717, 1.165) is 11.4 Å². The first-order chi connectivity index (χ1) is 12.0. The molecule has 0 aliphatic carbocycles. The van der Waals surface area contributed by atoms with Crippen molar-refractivity contribution >= 4 is 17.5 Å². The van der Waals surface area contributed by atoms with E-state index in [0.29, 0.717) is 19.0 Å². The van der Waals surface area contributed by atoms with Crippen molar-refractivity contribution in [2.75, 3.05) is 11.4 Å². The number of aromatic nitrogens is 1. The zero-order chi connectivity index (χ0) is 17.8. The summed E-state index contributed by atoms with van der Waals surface area (Å²) in [6.07, 6.45) is 1.95. The second-order valence-corrected chi connectivity index (χ2v) is 6.69. The van der Waals surface area contributed by atoms with Crippen molar-refractivity contribution in [1.82, 2.24) is 10.3 Å². The molecule has 25 heavy (non-hydrogen) atoms. The second-order valence-electron chi connectivity index (χ2n) is 6.69. The molecule has 2 heterocycles. The Labute approximate surface area is 148 Å². The van der Waals surface area contributed by atoms with E-state index in [1.54, 1.807) is 11.1 Å². The van der Waals surface area contributed by atoms with Crippen LogP contribution in [-0.4, -0.2) is 23.3 Å². The van der Waals surface area contributed by atoms with Crippen LogP contribution in [-0.2, 0) is 16.1 Å². The molecule has 5 heteroatoms. The number of anilines is 1. The minimum Gasteiger partial charge on any atom is -0.350 e. The smallest absolute Gasteiger partial charge is 0.227 e. The first-order valence-corrected chi connectivity index (χ1v) is 8.62. The Hall–Kier alpha value is -2.69. The van der Waals surface area contributed by atoms with Gasteiger partial charge >= 0.3 is 0 Å². The molecule has 2 aromatic rings. The molecule has 1 aliphatic heterocycles. The van der Waals surface area contributed by atoms with Crippen molar-refractivity contribution in [3.63, 3.8) is 0 Å². The van der Waals surface area contributed by atoms with Crippen molar-refractivity contribution in [3.05, 3.63) is 59.9 Å². The van der Waals surface area contributed by atoms with Crippen LogP contribution >= 0.6 is 0 Å². The zero-order valence-electron chi connectivity index (χ0n) is 14.6. The Balaban J connectivity index is 1.60. The number of amides is 2. The van der Waals surface area contributed by atoms with Gasteiger partial charge in [-0.15, -0.1) is 0 Å². The third-order valence-corrected chi connectivity index (χ3v) is 4.54. The Morgan fingerprint density at radius 2 is 2.00 bits per heavy atom. The lowest BCUT2D eigenvalue weighted by atomic mass is 10.0. The van der Waals surface area contributed by atoms with Gasteiger partial charge in [0, 0.05) is 24.8 Å². The predicted octanol–water partition coefficient (Wildman–Crippen LogP) is 2.87. The third-order valence-electron chi connectivity index (χ3n) is 4.54. The molecule has 1 unspecified atom stereocenters. The van der Waals surface area contributed by atoms with E-state index in [1.165, 1.54) is 5.56 Å². The van der Waals surface area contributed by atoms with Crippen LogP contribution in [0.4, 0.5) is 5.69 Å². The molecule has 130 valence electrons.